The van der Waals surface area contributed by atoms with Gasteiger partial charge in [-0.3, -0.25) is 4.79 Å². The van der Waals surface area contributed by atoms with E-state index >= 15 is 0 Å². The molecular weight excluding hydrogens is 617 g/mol. The number of nitrogens with one attached hydrogen (secondary N) is 1. The van der Waals surface area contributed by atoms with Crippen LogP contribution in [0.3, 0.4) is 0 Å². The Morgan fingerprint density at radius 1 is 0.870 bits per heavy atom. The number of carbonyl (C=O) groups excluding carboxylic acids is 1. The van der Waals surface area contributed by atoms with Crippen molar-refractivity contribution >= 4 is 17.5 Å². The molecule has 0 saturated carbocycles. The highest BCUT2D eigenvalue weighted by Gasteiger charge is 2.42. The summed E-state index contributed by atoms with van der Waals surface area (Å²) in [5.74, 6) is -3.08. The van der Waals surface area contributed by atoms with Crippen LogP contribution in [0.4, 0.5) is 22.0 Å². The van der Waals surface area contributed by atoms with Crippen LogP contribution in [-0.2, 0) is 16.4 Å². The number of hydrogen-bond donors (Lipinski definition) is 1. The molecule has 0 aliphatic heterocycles. The summed E-state index contributed by atoms with van der Waals surface area (Å²) in [4.78, 5) is 13.3. The van der Waals surface area contributed by atoms with Gasteiger partial charge in [0.1, 0.15) is 6.04 Å². The van der Waals surface area contributed by atoms with Crippen LogP contribution in [-0.4, -0.2) is 11.8 Å². The van der Waals surface area contributed by atoms with Gasteiger partial charge >= 0.3 is 6.18 Å². The Bertz CT molecular complexity index is 1170. The van der Waals surface area contributed by atoms with Crippen LogP contribution in [0.2, 0.25) is 5.02 Å². The van der Waals surface area contributed by atoms with Crippen molar-refractivity contribution in [1.82, 2.24) is 5.32 Å². The average Bonchev–Trinajstić information content (AvgIpc) is 2.96. The standard InChI is InChI=1S/C23H25ClF5NO.C8H18.C7H14/c1-5-12-21(3,17-10-11-18(24)14(2)13-17)20(31)30-19(22(4,25)26)15-6-8-16(9-7-15)23(27,28)29;1-4-6-8(3)7-5-2;1-4-5-6-7(2)3/h6-11,13,19H,5,12H2,1-4H3,(H,30,31);8H,4-7H2,1-3H3;2,4-6H2,1,3H3. The van der Waals surface area contributed by atoms with Crippen LogP contribution in [0.5, 0.6) is 0 Å². The van der Waals surface area contributed by atoms with Crippen LogP contribution in [0.1, 0.15) is 141 Å². The summed E-state index contributed by atoms with van der Waals surface area (Å²) in [7, 11) is 0. The predicted octanol–water partition coefficient (Wildman–Crippen LogP) is 13.2. The zero-order valence-corrected chi connectivity index (χ0v) is 30.2. The third kappa shape index (κ3) is 15.5. The molecule has 1 N–H and O–H groups in total. The van der Waals surface area contributed by atoms with Gasteiger partial charge in [-0.2, -0.15) is 13.2 Å². The molecule has 0 bridgehead atoms. The van der Waals surface area contributed by atoms with E-state index in [4.69, 9.17) is 11.6 Å². The quantitative estimate of drug-likeness (QED) is 0.157. The number of allylic oxidation sites excluding steroid dienone is 1. The molecule has 0 radical (unpaired) electrons. The number of unbranched alkanes of at least 4 members (excludes halogenated alkanes) is 1. The number of alkyl halides is 5. The fraction of sp³-hybridized carbons (Fsp3) is 0.605. The Balaban J connectivity index is 0.00000111. The topological polar surface area (TPSA) is 29.1 Å². The number of hydrogen-bond acceptors (Lipinski definition) is 1. The maximum Gasteiger partial charge on any atom is 0.416 e. The van der Waals surface area contributed by atoms with Crippen LogP contribution >= 0.6 is 11.6 Å². The minimum Gasteiger partial charge on any atom is -0.343 e. The highest BCUT2D eigenvalue weighted by Crippen LogP contribution is 2.37. The van der Waals surface area contributed by atoms with E-state index in [9.17, 15) is 26.7 Å². The van der Waals surface area contributed by atoms with E-state index in [1.807, 2.05) is 6.92 Å². The lowest BCUT2D eigenvalue weighted by molar-refractivity contribution is -0.137. The lowest BCUT2D eigenvalue weighted by atomic mass is 9.77. The molecular formula is C38H57ClF5NO. The molecule has 2 nitrogen and oxygen atoms in total. The highest BCUT2D eigenvalue weighted by atomic mass is 35.5. The fourth-order valence-corrected chi connectivity index (χ4v) is 5.26. The summed E-state index contributed by atoms with van der Waals surface area (Å²) in [6.45, 7) is 20.9. The summed E-state index contributed by atoms with van der Waals surface area (Å²) in [6, 6.07) is 6.68. The Labute approximate surface area is 280 Å². The first-order chi connectivity index (χ1) is 21.3. The molecule has 46 heavy (non-hydrogen) atoms. The molecule has 0 aromatic heterocycles. The Kier molecular flexibility index (Phi) is 19.7. The molecule has 2 atom stereocenters. The van der Waals surface area contributed by atoms with E-state index in [-0.39, 0.29) is 5.56 Å². The van der Waals surface area contributed by atoms with Gasteiger partial charge in [-0.05, 0) is 80.8 Å². The van der Waals surface area contributed by atoms with Gasteiger partial charge in [0.15, 0.2) is 0 Å². The second kappa shape index (κ2) is 20.7. The number of rotatable bonds is 14. The van der Waals surface area contributed by atoms with E-state index in [0.29, 0.717) is 30.4 Å². The second-order valence-corrected chi connectivity index (χ2v) is 13.2. The zero-order valence-electron chi connectivity index (χ0n) is 29.4. The summed E-state index contributed by atoms with van der Waals surface area (Å²) >= 11 is 6.08. The highest BCUT2D eigenvalue weighted by molar-refractivity contribution is 6.31. The second-order valence-electron chi connectivity index (χ2n) is 12.8. The van der Waals surface area contributed by atoms with Crippen molar-refractivity contribution in [3.8, 4) is 0 Å². The van der Waals surface area contributed by atoms with Crippen LogP contribution in [0.15, 0.2) is 54.6 Å². The van der Waals surface area contributed by atoms with Gasteiger partial charge in [-0.25, -0.2) is 8.78 Å². The first-order valence-electron chi connectivity index (χ1n) is 16.5. The van der Waals surface area contributed by atoms with Crippen LogP contribution in [0, 0.1) is 12.8 Å². The largest absolute Gasteiger partial charge is 0.416 e. The van der Waals surface area contributed by atoms with Gasteiger partial charge in [0.25, 0.3) is 5.92 Å². The van der Waals surface area contributed by atoms with Crippen molar-refractivity contribution in [2.45, 2.75) is 144 Å². The monoisotopic (exact) mass is 673 g/mol. The van der Waals surface area contributed by atoms with E-state index < -0.39 is 35.0 Å². The zero-order chi connectivity index (χ0) is 35.7. The van der Waals surface area contributed by atoms with Crippen molar-refractivity contribution in [3.05, 3.63) is 81.9 Å². The molecule has 2 unspecified atom stereocenters. The van der Waals surface area contributed by atoms with Crippen molar-refractivity contribution in [2.75, 3.05) is 0 Å². The maximum absolute atomic E-state index is 14.4. The number of aryl methyl sites for hydroxylation is 1. The van der Waals surface area contributed by atoms with Crippen molar-refractivity contribution in [2.24, 2.45) is 5.92 Å². The van der Waals surface area contributed by atoms with Crippen LogP contribution < -0.4 is 5.32 Å². The molecule has 0 fully saturated rings. The molecule has 0 saturated heterocycles. The van der Waals surface area contributed by atoms with Crippen molar-refractivity contribution in [1.29, 1.82) is 0 Å². The summed E-state index contributed by atoms with van der Waals surface area (Å²) in [5.41, 5.74) is 0.489. The van der Waals surface area contributed by atoms with Gasteiger partial charge in [0.05, 0.1) is 11.0 Å². The van der Waals surface area contributed by atoms with Crippen LogP contribution in [0.25, 0.3) is 0 Å². The fourth-order valence-electron chi connectivity index (χ4n) is 5.14. The van der Waals surface area contributed by atoms with E-state index in [1.165, 1.54) is 50.5 Å². The van der Waals surface area contributed by atoms with Gasteiger partial charge in [-0.1, -0.05) is 115 Å². The molecule has 2 aromatic carbocycles. The third-order valence-electron chi connectivity index (χ3n) is 7.92. The first kappa shape index (κ1) is 43.6. The van der Waals surface area contributed by atoms with Gasteiger partial charge in [-0.15, -0.1) is 6.58 Å². The Hall–Kier alpha value is -2.41. The number of halogens is 6. The minimum atomic E-state index is -4.59. The SMILES string of the molecule is C=C(C)CCCC.CCCC(C)(C(=O)NC(c1ccc(C(F)(F)F)cc1)C(C)(F)F)c1ccc(Cl)c(C)c1.CCCC(C)CCC. The third-order valence-corrected chi connectivity index (χ3v) is 8.34. The van der Waals surface area contributed by atoms with Crippen molar-refractivity contribution in [3.63, 3.8) is 0 Å². The molecule has 0 spiro atoms. The number of amides is 1. The van der Waals surface area contributed by atoms with Gasteiger partial charge in [0, 0.05) is 11.9 Å². The molecule has 0 heterocycles. The summed E-state index contributed by atoms with van der Waals surface area (Å²) in [5, 5.41) is 2.91. The van der Waals surface area contributed by atoms with Gasteiger partial charge < -0.3 is 5.32 Å². The number of benzene rings is 2. The minimum absolute atomic E-state index is 0.111. The molecule has 0 aliphatic carbocycles. The Morgan fingerprint density at radius 2 is 1.39 bits per heavy atom. The van der Waals surface area contributed by atoms with E-state index in [0.717, 1.165) is 35.7 Å². The normalized spacial score (nSPS) is 13.5. The first-order valence-corrected chi connectivity index (χ1v) is 16.9. The summed E-state index contributed by atoms with van der Waals surface area (Å²) < 4.78 is 67.3. The van der Waals surface area contributed by atoms with Gasteiger partial charge in [0.2, 0.25) is 5.91 Å². The molecule has 1 amide bonds. The molecule has 8 heteroatoms. The molecule has 0 aliphatic rings. The smallest absolute Gasteiger partial charge is 0.343 e. The maximum atomic E-state index is 14.4. The van der Waals surface area contributed by atoms with Crippen molar-refractivity contribution < 1.29 is 26.7 Å². The molecule has 2 rings (SSSR count). The predicted molar refractivity (Wildman–Crippen MR) is 185 cm³/mol. The van der Waals surface area contributed by atoms with E-state index in [1.54, 1.807) is 32.0 Å². The average molecular weight is 674 g/mol. The summed E-state index contributed by atoms with van der Waals surface area (Å²) in [6.07, 6.45) is 5.72. The Morgan fingerprint density at radius 3 is 1.76 bits per heavy atom. The lowest BCUT2D eigenvalue weighted by Crippen LogP contribution is -2.47. The van der Waals surface area contributed by atoms with E-state index in [2.05, 4.69) is 46.5 Å². The lowest BCUT2D eigenvalue weighted by Gasteiger charge is -2.33. The molecule has 262 valence electrons. The number of carbonyl (C=O) groups is 1. The molecule has 2 aromatic rings.